The second-order valence-corrected chi connectivity index (χ2v) is 5.32. The average molecular weight is 295 g/mol. The minimum absolute atomic E-state index is 0.116. The summed E-state index contributed by atoms with van der Waals surface area (Å²) in [5, 5.41) is 0. The molecule has 2 aromatic rings. The van der Waals surface area contributed by atoms with Crippen LogP contribution in [0, 0.1) is 5.92 Å². The summed E-state index contributed by atoms with van der Waals surface area (Å²) in [5.41, 5.74) is 7.52. The largest absolute Gasteiger partial charge is 0.435 e. The Kier molecular flexibility index (Phi) is 4.90. The Morgan fingerprint density at radius 3 is 2.76 bits per heavy atom. The van der Waals surface area contributed by atoms with Crippen LogP contribution in [-0.4, -0.2) is 16.6 Å². The number of rotatable bonds is 6. The van der Waals surface area contributed by atoms with Crippen molar-refractivity contribution in [3.63, 3.8) is 0 Å². The van der Waals surface area contributed by atoms with Gasteiger partial charge in [-0.15, -0.1) is 0 Å². The molecule has 0 aliphatic rings. The summed E-state index contributed by atoms with van der Waals surface area (Å²) in [6.07, 6.45) is 2.47. The van der Waals surface area contributed by atoms with Crippen molar-refractivity contribution >= 4 is 0 Å². The Balaban J connectivity index is 2.17. The molecular formula is C15H19F2N3O. The van der Waals surface area contributed by atoms with E-state index in [-0.39, 0.29) is 11.8 Å². The van der Waals surface area contributed by atoms with Gasteiger partial charge in [0.2, 0.25) is 0 Å². The SMILES string of the molecule is CC(C)CC(N)c1ncc(-c2cccc(OC(F)F)c2)[nH]1. The Bertz CT molecular complexity index is 584. The van der Waals surface area contributed by atoms with E-state index in [2.05, 4.69) is 28.6 Å². The molecule has 1 aromatic heterocycles. The Morgan fingerprint density at radius 2 is 2.10 bits per heavy atom. The fraction of sp³-hybridized carbons (Fsp3) is 0.400. The number of halogens is 2. The number of benzene rings is 1. The number of H-pyrrole nitrogens is 1. The molecule has 0 aliphatic heterocycles. The summed E-state index contributed by atoms with van der Waals surface area (Å²) >= 11 is 0. The van der Waals surface area contributed by atoms with Crippen LogP contribution in [0.5, 0.6) is 5.75 Å². The molecule has 1 aromatic carbocycles. The quantitative estimate of drug-likeness (QED) is 0.853. The molecule has 0 spiro atoms. The first kappa shape index (κ1) is 15.4. The summed E-state index contributed by atoms with van der Waals surface area (Å²) in [4.78, 5) is 7.40. The van der Waals surface area contributed by atoms with Crippen molar-refractivity contribution in [2.24, 2.45) is 11.7 Å². The summed E-state index contributed by atoms with van der Waals surface area (Å²) in [6, 6.07) is 6.30. The second kappa shape index (κ2) is 6.67. The molecule has 21 heavy (non-hydrogen) atoms. The number of ether oxygens (including phenoxy) is 1. The molecule has 0 saturated heterocycles. The molecule has 0 radical (unpaired) electrons. The van der Waals surface area contributed by atoms with Gasteiger partial charge in [-0.2, -0.15) is 8.78 Å². The molecule has 0 bridgehead atoms. The molecule has 0 saturated carbocycles. The van der Waals surface area contributed by atoms with Gasteiger partial charge in [0.25, 0.3) is 0 Å². The molecule has 2 rings (SSSR count). The fourth-order valence-electron chi connectivity index (χ4n) is 2.13. The van der Waals surface area contributed by atoms with Crippen molar-refractivity contribution < 1.29 is 13.5 Å². The minimum Gasteiger partial charge on any atom is -0.435 e. The van der Waals surface area contributed by atoms with Gasteiger partial charge < -0.3 is 15.5 Å². The maximum atomic E-state index is 12.2. The molecule has 0 amide bonds. The lowest BCUT2D eigenvalue weighted by atomic mass is 10.0. The molecule has 4 nitrogen and oxygen atoms in total. The van der Waals surface area contributed by atoms with Crippen LogP contribution in [0.3, 0.4) is 0 Å². The number of imidazole rings is 1. The Morgan fingerprint density at radius 1 is 1.33 bits per heavy atom. The molecule has 1 heterocycles. The first-order valence-corrected chi connectivity index (χ1v) is 6.81. The molecule has 0 aliphatic carbocycles. The number of nitrogens with one attached hydrogen (secondary N) is 1. The fourth-order valence-corrected chi connectivity index (χ4v) is 2.13. The van der Waals surface area contributed by atoms with Crippen molar-refractivity contribution in [3.05, 3.63) is 36.3 Å². The van der Waals surface area contributed by atoms with E-state index in [4.69, 9.17) is 5.73 Å². The van der Waals surface area contributed by atoms with Gasteiger partial charge in [0.1, 0.15) is 11.6 Å². The van der Waals surface area contributed by atoms with E-state index >= 15 is 0 Å². The third-order valence-corrected chi connectivity index (χ3v) is 3.04. The van der Waals surface area contributed by atoms with E-state index < -0.39 is 6.61 Å². The number of nitrogens with zero attached hydrogens (tertiary/aromatic N) is 1. The standard InChI is InChI=1S/C15H19F2N3O/c1-9(2)6-12(18)14-19-8-13(20-14)10-4-3-5-11(7-10)21-15(16)17/h3-5,7-9,12,15H,6,18H2,1-2H3,(H,19,20). The van der Waals surface area contributed by atoms with Gasteiger partial charge >= 0.3 is 6.61 Å². The third-order valence-electron chi connectivity index (χ3n) is 3.04. The monoisotopic (exact) mass is 295 g/mol. The van der Waals surface area contributed by atoms with Crippen LogP contribution < -0.4 is 10.5 Å². The van der Waals surface area contributed by atoms with Gasteiger partial charge in [-0.25, -0.2) is 4.98 Å². The lowest BCUT2D eigenvalue weighted by Gasteiger charge is -2.11. The average Bonchev–Trinajstić information content (AvgIpc) is 2.87. The molecular weight excluding hydrogens is 276 g/mol. The highest BCUT2D eigenvalue weighted by Gasteiger charge is 2.13. The summed E-state index contributed by atoms with van der Waals surface area (Å²) in [6.45, 7) is 1.35. The Labute approximate surface area is 122 Å². The molecule has 6 heteroatoms. The van der Waals surface area contributed by atoms with E-state index in [0.717, 1.165) is 17.7 Å². The van der Waals surface area contributed by atoms with Crippen molar-refractivity contribution in [2.75, 3.05) is 0 Å². The number of alkyl halides is 2. The van der Waals surface area contributed by atoms with Crippen LogP contribution in [0.4, 0.5) is 8.78 Å². The normalized spacial score (nSPS) is 12.9. The van der Waals surface area contributed by atoms with E-state index in [9.17, 15) is 8.78 Å². The smallest absolute Gasteiger partial charge is 0.387 e. The zero-order valence-electron chi connectivity index (χ0n) is 12.0. The van der Waals surface area contributed by atoms with Crippen molar-refractivity contribution in [1.29, 1.82) is 0 Å². The maximum absolute atomic E-state index is 12.2. The van der Waals surface area contributed by atoms with E-state index in [1.807, 2.05) is 0 Å². The van der Waals surface area contributed by atoms with Gasteiger partial charge in [-0.1, -0.05) is 26.0 Å². The van der Waals surface area contributed by atoms with Crippen LogP contribution >= 0.6 is 0 Å². The molecule has 0 fully saturated rings. The van der Waals surface area contributed by atoms with Crippen LogP contribution in [0.15, 0.2) is 30.5 Å². The van der Waals surface area contributed by atoms with Gasteiger partial charge in [0.05, 0.1) is 17.9 Å². The highest BCUT2D eigenvalue weighted by atomic mass is 19.3. The van der Waals surface area contributed by atoms with Gasteiger partial charge in [0.15, 0.2) is 0 Å². The van der Waals surface area contributed by atoms with Crippen LogP contribution in [-0.2, 0) is 0 Å². The number of aromatic nitrogens is 2. The second-order valence-electron chi connectivity index (χ2n) is 5.32. The number of hydrogen-bond donors (Lipinski definition) is 2. The molecule has 1 atom stereocenters. The summed E-state index contributed by atoms with van der Waals surface area (Å²) in [5.74, 6) is 1.28. The summed E-state index contributed by atoms with van der Waals surface area (Å²) < 4.78 is 28.8. The Hall–Kier alpha value is -1.95. The van der Waals surface area contributed by atoms with Gasteiger partial charge in [0, 0.05) is 5.56 Å². The van der Waals surface area contributed by atoms with Crippen molar-refractivity contribution in [2.45, 2.75) is 32.9 Å². The first-order valence-electron chi connectivity index (χ1n) is 6.81. The van der Waals surface area contributed by atoms with Crippen molar-refractivity contribution in [1.82, 2.24) is 9.97 Å². The van der Waals surface area contributed by atoms with E-state index in [1.165, 1.54) is 12.1 Å². The zero-order chi connectivity index (χ0) is 15.4. The molecule has 3 N–H and O–H groups in total. The molecule has 1 unspecified atom stereocenters. The van der Waals surface area contributed by atoms with Crippen molar-refractivity contribution in [3.8, 4) is 17.0 Å². The third kappa shape index (κ3) is 4.26. The topological polar surface area (TPSA) is 63.9 Å². The van der Waals surface area contributed by atoms with Gasteiger partial charge in [-0.3, -0.25) is 0 Å². The predicted octanol–water partition coefficient (Wildman–Crippen LogP) is 3.72. The highest BCUT2D eigenvalue weighted by Crippen LogP contribution is 2.25. The predicted molar refractivity (Wildman–Crippen MR) is 77.0 cm³/mol. The zero-order valence-corrected chi connectivity index (χ0v) is 12.0. The lowest BCUT2D eigenvalue weighted by Crippen LogP contribution is -2.14. The van der Waals surface area contributed by atoms with Crippen LogP contribution in [0.2, 0.25) is 0 Å². The first-order chi connectivity index (χ1) is 9.95. The maximum Gasteiger partial charge on any atom is 0.387 e. The van der Waals surface area contributed by atoms with E-state index in [1.54, 1.807) is 18.3 Å². The number of nitrogens with two attached hydrogens (primary N) is 1. The van der Waals surface area contributed by atoms with Gasteiger partial charge in [-0.05, 0) is 24.5 Å². The lowest BCUT2D eigenvalue weighted by molar-refractivity contribution is -0.0498. The van der Waals surface area contributed by atoms with Crippen LogP contribution in [0.25, 0.3) is 11.3 Å². The highest BCUT2D eigenvalue weighted by molar-refractivity contribution is 5.60. The minimum atomic E-state index is -2.84. The number of aromatic amines is 1. The molecule has 114 valence electrons. The van der Waals surface area contributed by atoms with Crippen LogP contribution in [0.1, 0.15) is 32.1 Å². The number of hydrogen-bond acceptors (Lipinski definition) is 3. The summed E-state index contributed by atoms with van der Waals surface area (Å²) in [7, 11) is 0. The van der Waals surface area contributed by atoms with E-state index in [0.29, 0.717) is 11.7 Å².